The fourth-order valence-corrected chi connectivity index (χ4v) is 2.76. The molecule has 0 aliphatic heterocycles. The lowest BCUT2D eigenvalue weighted by atomic mass is 10.1. The number of nitrogens with zero attached hydrogens (tertiary/aromatic N) is 2. The number of carbonyl (C=O) groups is 1. The molecule has 0 radical (unpaired) electrons. The van der Waals surface area contributed by atoms with Gasteiger partial charge in [-0.2, -0.15) is 0 Å². The molecule has 1 amide bonds. The number of aryl methyl sites for hydroxylation is 2. The topological polar surface area (TPSA) is 85.4 Å². The zero-order valence-corrected chi connectivity index (χ0v) is 16.7. The molecule has 150 valence electrons. The molecule has 0 unspecified atom stereocenters. The molecule has 2 N–H and O–H groups in total. The molecule has 0 saturated heterocycles. The predicted molar refractivity (Wildman–Crippen MR) is 112 cm³/mol. The van der Waals surface area contributed by atoms with Crippen LogP contribution < -0.4 is 20.1 Å². The Morgan fingerprint density at radius 3 is 2.38 bits per heavy atom. The molecule has 3 aromatic rings. The number of hydrogen-bond acceptors (Lipinski definition) is 6. The highest BCUT2D eigenvalue weighted by atomic mass is 16.5. The second-order valence-electron chi connectivity index (χ2n) is 6.44. The van der Waals surface area contributed by atoms with Crippen molar-refractivity contribution in [2.75, 3.05) is 25.6 Å². The molecule has 7 nitrogen and oxygen atoms in total. The summed E-state index contributed by atoms with van der Waals surface area (Å²) < 4.78 is 10.7. The molecule has 1 aromatic heterocycles. The zero-order valence-electron chi connectivity index (χ0n) is 16.7. The lowest BCUT2D eigenvalue weighted by Crippen LogP contribution is -2.29. The van der Waals surface area contributed by atoms with Crippen molar-refractivity contribution in [3.63, 3.8) is 0 Å². The van der Waals surface area contributed by atoms with Crippen LogP contribution in [0.4, 0.5) is 11.6 Å². The van der Waals surface area contributed by atoms with Gasteiger partial charge in [0, 0.05) is 11.9 Å². The van der Waals surface area contributed by atoms with Crippen molar-refractivity contribution >= 4 is 17.5 Å². The summed E-state index contributed by atoms with van der Waals surface area (Å²) in [5.41, 5.74) is 3.40. The monoisotopic (exact) mass is 392 g/mol. The van der Waals surface area contributed by atoms with E-state index in [0.29, 0.717) is 24.8 Å². The second kappa shape index (κ2) is 9.54. The van der Waals surface area contributed by atoms with Crippen LogP contribution in [0.2, 0.25) is 0 Å². The first-order valence-electron chi connectivity index (χ1n) is 9.28. The number of anilines is 2. The minimum Gasteiger partial charge on any atom is -0.497 e. The summed E-state index contributed by atoms with van der Waals surface area (Å²) in [7, 11) is 1.61. The van der Waals surface area contributed by atoms with E-state index in [2.05, 4.69) is 20.6 Å². The molecule has 1 heterocycles. The van der Waals surface area contributed by atoms with Crippen LogP contribution in [-0.2, 0) is 0 Å². The summed E-state index contributed by atoms with van der Waals surface area (Å²) in [5.74, 6) is 1.57. The van der Waals surface area contributed by atoms with Gasteiger partial charge in [-0.1, -0.05) is 18.2 Å². The van der Waals surface area contributed by atoms with E-state index in [1.165, 1.54) is 0 Å². The van der Waals surface area contributed by atoms with Gasteiger partial charge in [-0.3, -0.25) is 4.79 Å². The first kappa shape index (κ1) is 20.1. The molecule has 0 atom stereocenters. The smallest absolute Gasteiger partial charge is 0.270 e. The highest BCUT2D eigenvalue weighted by Crippen LogP contribution is 2.22. The van der Waals surface area contributed by atoms with Gasteiger partial charge >= 0.3 is 0 Å². The highest BCUT2D eigenvalue weighted by molar-refractivity contribution is 5.92. The number of carbonyl (C=O) groups excluding carboxylic acids is 1. The van der Waals surface area contributed by atoms with Crippen LogP contribution in [0.1, 0.15) is 21.6 Å². The van der Waals surface area contributed by atoms with E-state index in [-0.39, 0.29) is 11.6 Å². The van der Waals surface area contributed by atoms with Gasteiger partial charge in [0.2, 0.25) is 5.95 Å². The van der Waals surface area contributed by atoms with Gasteiger partial charge in [-0.25, -0.2) is 9.97 Å². The van der Waals surface area contributed by atoms with Gasteiger partial charge in [-0.05, 0) is 55.3 Å². The van der Waals surface area contributed by atoms with E-state index in [4.69, 9.17) is 9.47 Å². The fourth-order valence-electron chi connectivity index (χ4n) is 2.76. The molecule has 0 aliphatic carbocycles. The SMILES string of the molecule is COc1ccc(OCCNC(=O)c2ccnc(Nc3c(C)cccc3C)n2)cc1. The fraction of sp³-hybridized carbons (Fsp3) is 0.227. The third-order valence-corrected chi connectivity index (χ3v) is 4.32. The normalized spacial score (nSPS) is 10.3. The first-order valence-corrected chi connectivity index (χ1v) is 9.28. The Balaban J connectivity index is 1.53. The molecule has 7 heteroatoms. The minimum absolute atomic E-state index is 0.282. The van der Waals surface area contributed by atoms with Crippen LogP contribution in [0.15, 0.2) is 54.7 Å². The van der Waals surface area contributed by atoms with Crippen molar-refractivity contribution in [2.45, 2.75) is 13.8 Å². The van der Waals surface area contributed by atoms with Gasteiger partial charge < -0.3 is 20.1 Å². The lowest BCUT2D eigenvalue weighted by molar-refractivity contribution is 0.0942. The average molecular weight is 392 g/mol. The molecule has 29 heavy (non-hydrogen) atoms. The Hall–Kier alpha value is -3.61. The van der Waals surface area contributed by atoms with Crippen molar-refractivity contribution in [1.29, 1.82) is 0 Å². The van der Waals surface area contributed by atoms with Gasteiger partial charge in [0.05, 0.1) is 13.7 Å². The molecule has 0 aliphatic rings. The van der Waals surface area contributed by atoms with E-state index < -0.39 is 0 Å². The molecule has 2 aromatic carbocycles. The average Bonchev–Trinajstić information content (AvgIpc) is 2.74. The van der Waals surface area contributed by atoms with Crippen molar-refractivity contribution < 1.29 is 14.3 Å². The molecule has 0 spiro atoms. The quantitative estimate of drug-likeness (QED) is 0.569. The maximum atomic E-state index is 12.4. The van der Waals surface area contributed by atoms with Crippen LogP contribution in [0.5, 0.6) is 11.5 Å². The van der Waals surface area contributed by atoms with Crippen LogP contribution >= 0.6 is 0 Å². The number of aromatic nitrogens is 2. The molecule has 3 rings (SSSR count). The van der Waals surface area contributed by atoms with Crippen LogP contribution in [0.25, 0.3) is 0 Å². The van der Waals surface area contributed by atoms with E-state index in [9.17, 15) is 4.79 Å². The zero-order chi connectivity index (χ0) is 20.6. The summed E-state index contributed by atoms with van der Waals surface area (Å²) in [4.78, 5) is 20.9. The molecular formula is C22H24N4O3. The van der Waals surface area contributed by atoms with Crippen molar-refractivity contribution in [3.8, 4) is 11.5 Å². The predicted octanol–water partition coefficient (Wildman–Crippen LogP) is 3.65. The summed E-state index contributed by atoms with van der Waals surface area (Å²) in [6.07, 6.45) is 1.56. The summed E-state index contributed by atoms with van der Waals surface area (Å²) >= 11 is 0. The Bertz CT molecular complexity index is 954. The Labute approximate surface area is 170 Å². The van der Waals surface area contributed by atoms with Crippen LogP contribution in [0.3, 0.4) is 0 Å². The number of nitrogens with one attached hydrogen (secondary N) is 2. The number of methoxy groups -OCH3 is 1. The molecule has 0 saturated carbocycles. The number of ether oxygens (including phenoxy) is 2. The van der Waals surface area contributed by atoms with E-state index in [1.54, 1.807) is 19.4 Å². The van der Waals surface area contributed by atoms with Crippen molar-refractivity contribution in [1.82, 2.24) is 15.3 Å². The number of para-hydroxylation sites is 1. The van der Waals surface area contributed by atoms with Crippen molar-refractivity contribution in [2.24, 2.45) is 0 Å². The summed E-state index contributed by atoms with van der Waals surface area (Å²) in [6, 6.07) is 14.9. The van der Waals surface area contributed by atoms with Gasteiger partial charge in [-0.15, -0.1) is 0 Å². The third-order valence-electron chi connectivity index (χ3n) is 4.32. The van der Waals surface area contributed by atoms with Gasteiger partial charge in [0.25, 0.3) is 5.91 Å². The van der Waals surface area contributed by atoms with Crippen molar-refractivity contribution in [3.05, 3.63) is 71.5 Å². The standard InChI is InChI=1S/C22H24N4O3/c1-15-5-4-6-16(2)20(15)26-22-24-12-11-19(25-22)21(27)23-13-14-29-18-9-7-17(28-3)8-10-18/h4-12H,13-14H2,1-3H3,(H,23,27)(H,24,25,26). The molecular weight excluding hydrogens is 368 g/mol. The largest absolute Gasteiger partial charge is 0.497 e. The molecule has 0 fully saturated rings. The lowest BCUT2D eigenvalue weighted by Gasteiger charge is -2.12. The van der Waals surface area contributed by atoms with Gasteiger partial charge in [0.15, 0.2) is 0 Å². The second-order valence-corrected chi connectivity index (χ2v) is 6.44. The number of amides is 1. The van der Waals surface area contributed by atoms with Crippen LogP contribution in [-0.4, -0.2) is 36.1 Å². The maximum Gasteiger partial charge on any atom is 0.270 e. The third kappa shape index (κ3) is 5.44. The van der Waals surface area contributed by atoms with Crippen LogP contribution in [0, 0.1) is 13.8 Å². The van der Waals surface area contributed by atoms with E-state index in [1.807, 2.05) is 56.3 Å². The first-order chi connectivity index (χ1) is 14.1. The maximum absolute atomic E-state index is 12.4. The Morgan fingerprint density at radius 1 is 1.00 bits per heavy atom. The Kier molecular flexibility index (Phi) is 6.63. The Morgan fingerprint density at radius 2 is 1.69 bits per heavy atom. The number of benzene rings is 2. The summed E-state index contributed by atoms with van der Waals surface area (Å²) in [5, 5.41) is 6.00. The van der Waals surface area contributed by atoms with E-state index >= 15 is 0 Å². The summed E-state index contributed by atoms with van der Waals surface area (Å²) in [6.45, 7) is 4.72. The minimum atomic E-state index is -0.282. The van der Waals surface area contributed by atoms with Gasteiger partial charge in [0.1, 0.15) is 23.8 Å². The van der Waals surface area contributed by atoms with E-state index in [0.717, 1.165) is 22.6 Å². The molecule has 0 bridgehead atoms. The number of rotatable bonds is 8. The highest BCUT2D eigenvalue weighted by Gasteiger charge is 2.10. The number of hydrogen-bond donors (Lipinski definition) is 2.